The molecule has 0 spiro atoms. The third-order valence-electron chi connectivity index (χ3n) is 2.40. The van der Waals surface area contributed by atoms with Gasteiger partial charge in [-0.2, -0.15) is 0 Å². The van der Waals surface area contributed by atoms with Gasteiger partial charge in [0, 0.05) is 29.6 Å². The summed E-state index contributed by atoms with van der Waals surface area (Å²) >= 11 is 3.09. The van der Waals surface area contributed by atoms with Gasteiger partial charge in [0.1, 0.15) is 0 Å². The summed E-state index contributed by atoms with van der Waals surface area (Å²) in [5.41, 5.74) is 0.189. The first kappa shape index (κ1) is 16.9. The van der Waals surface area contributed by atoms with Crippen molar-refractivity contribution < 1.29 is 24.7 Å². The van der Waals surface area contributed by atoms with E-state index in [4.69, 9.17) is 10.2 Å². The normalized spacial score (nSPS) is 11.5. The fourth-order valence-electron chi connectivity index (χ4n) is 1.33. The molecule has 1 rings (SSSR count). The molecule has 1 aromatic carbocycles. The van der Waals surface area contributed by atoms with E-state index >= 15 is 0 Å². The molecule has 0 saturated heterocycles. The number of aliphatic carboxylic acids is 1. The number of anilines is 1. The van der Waals surface area contributed by atoms with E-state index in [1.807, 2.05) is 0 Å². The van der Waals surface area contributed by atoms with Crippen LogP contribution in [0.25, 0.3) is 0 Å². The molecule has 0 radical (unpaired) electrons. The van der Waals surface area contributed by atoms with E-state index in [1.54, 1.807) is 0 Å². The molecule has 0 aliphatic carbocycles. The van der Waals surface area contributed by atoms with Crippen molar-refractivity contribution in [2.75, 3.05) is 11.9 Å². The van der Waals surface area contributed by atoms with Crippen LogP contribution < -0.4 is 10.6 Å². The summed E-state index contributed by atoms with van der Waals surface area (Å²) < 4.78 is 0.331. The number of carboxylic acid groups (broad SMARTS) is 1. The van der Waals surface area contributed by atoms with Crippen LogP contribution >= 0.6 is 15.9 Å². The fourth-order valence-corrected chi connectivity index (χ4v) is 1.80. The van der Waals surface area contributed by atoms with E-state index in [0.29, 0.717) is 10.2 Å². The first-order valence-corrected chi connectivity index (χ1v) is 6.50. The molecule has 0 unspecified atom stereocenters. The van der Waals surface area contributed by atoms with E-state index in [9.17, 15) is 19.7 Å². The van der Waals surface area contributed by atoms with Crippen LogP contribution in [0.4, 0.5) is 16.2 Å². The minimum absolute atomic E-state index is 0.0378. The summed E-state index contributed by atoms with van der Waals surface area (Å²) in [6.07, 6.45) is -1.68. The van der Waals surface area contributed by atoms with Crippen molar-refractivity contribution in [2.24, 2.45) is 0 Å². The summed E-state index contributed by atoms with van der Waals surface area (Å²) in [4.78, 5) is 31.9. The van der Waals surface area contributed by atoms with Crippen LogP contribution in [-0.2, 0) is 4.79 Å². The quantitative estimate of drug-likeness (QED) is 0.444. The van der Waals surface area contributed by atoms with Crippen LogP contribution in [0.3, 0.4) is 0 Å². The predicted molar refractivity (Wildman–Crippen MR) is 76.1 cm³/mol. The van der Waals surface area contributed by atoms with Gasteiger partial charge in [0.2, 0.25) is 0 Å². The Morgan fingerprint density at radius 3 is 2.62 bits per heavy atom. The Morgan fingerprint density at radius 2 is 2.10 bits per heavy atom. The number of benzene rings is 1. The van der Waals surface area contributed by atoms with Crippen LogP contribution in [0, 0.1) is 10.1 Å². The number of nitrogens with one attached hydrogen (secondary N) is 2. The number of carboxylic acids is 1. The lowest BCUT2D eigenvalue weighted by Crippen LogP contribution is -2.33. The van der Waals surface area contributed by atoms with Crippen LogP contribution in [0.15, 0.2) is 22.7 Å². The fraction of sp³-hybridized carbons (Fsp3) is 0.273. The summed E-state index contributed by atoms with van der Waals surface area (Å²) in [5.74, 6) is -1.37. The Kier molecular flexibility index (Phi) is 6.06. The second kappa shape index (κ2) is 7.55. The Labute approximate surface area is 127 Å². The number of non-ortho nitro benzene ring substituents is 1. The number of carbonyl (C=O) groups is 2. The molecule has 10 heteroatoms. The molecule has 1 atom stereocenters. The van der Waals surface area contributed by atoms with Crippen molar-refractivity contribution in [2.45, 2.75) is 12.5 Å². The first-order valence-electron chi connectivity index (χ1n) is 5.71. The molecular formula is C11H12BrN3O6. The Morgan fingerprint density at radius 1 is 1.43 bits per heavy atom. The zero-order valence-corrected chi connectivity index (χ0v) is 12.2. The molecule has 1 aromatic rings. The second-order valence-corrected chi connectivity index (χ2v) is 4.80. The number of urea groups is 1. The number of nitro benzene ring substituents is 1. The van der Waals surface area contributed by atoms with Gasteiger partial charge in [-0.05, 0) is 22.0 Å². The van der Waals surface area contributed by atoms with Gasteiger partial charge in [-0.15, -0.1) is 0 Å². The van der Waals surface area contributed by atoms with E-state index < -0.39 is 23.0 Å². The Balaban J connectivity index is 2.52. The number of carbonyl (C=O) groups excluding carboxylic acids is 1. The third-order valence-corrected chi connectivity index (χ3v) is 3.06. The molecule has 0 aromatic heterocycles. The van der Waals surface area contributed by atoms with Crippen molar-refractivity contribution >= 4 is 39.3 Å². The Bertz CT molecular complexity index is 565. The first-order chi connectivity index (χ1) is 9.81. The lowest BCUT2D eigenvalue weighted by molar-refractivity contribution is -0.384. The largest absolute Gasteiger partial charge is 0.479 e. The predicted octanol–water partition coefficient (Wildman–Crippen LogP) is 1.31. The highest BCUT2D eigenvalue weighted by Crippen LogP contribution is 2.26. The zero-order chi connectivity index (χ0) is 16.0. The number of amides is 2. The lowest BCUT2D eigenvalue weighted by atomic mass is 10.2. The van der Waals surface area contributed by atoms with E-state index in [2.05, 4.69) is 26.6 Å². The number of hydrogen-bond acceptors (Lipinski definition) is 5. The molecular weight excluding hydrogens is 350 g/mol. The number of aliphatic hydroxyl groups is 1. The molecule has 0 heterocycles. The van der Waals surface area contributed by atoms with Gasteiger partial charge in [-0.1, -0.05) is 0 Å². The maximum Gasteiger partial charge on any atom is 0.332 e. The SMILES string of the molecule is O=C(NCC[C@H](O)C(=O)O)Nc1ccc([N+](=O)[O-])cc1Br. The van der Waals surface area contributed by atoms with Crippen LogP contribution in [0.1, 0.15) is 6.42 Å². The van der Waals surface area contributed by atoms with Crippen LogP contribution in [0.5, 0.6) is 0 Å². The summed E-state index contributed by atoms with van der Waals surface area (Å²) in [5, 5.41) is 32.8. The number of nitro groups is 1. The third kappa shape index (κ3) is 5.36. The van der Waals surface area contributed by atoms with E-state index in [1.165, 1.54) is 18.2 Å². The highest BCUT2D eigenvalue weighted by Gasteiger charge is 2.14. The van der Waals surface area contributed by atoms with Crippen molar-refractivity contribution in [3.05, 3.63) is 32.8 Å². The highest BCUT2D eigenvalue weighted by molar-refractivity contribution is 9.10. The average molecular weight is 362 g/mol. The van der Waals surface area contributed by atoms with Crippen LogP contribution in [0.2, 0.25) is 0 Å². The molecule has 9 nitrogen and oxygen atoms in total. The molecule has 114 valence electrons. The average Bonchev–Trinajstić information content (AvgIpc) is 2.40. The van der Waals surface area contributed by atoms with E-state index in [0.717, 1.165) is 0 Å². The minimum Gasteiger partial charge on any atom is -0.479 e. The van der Waals surface area contributed by atoms with Crippen molar-refractivity contribution in [1.82, 2.24) is 5.32 Å². The second-order valence-electron chi connectivity index (χ2n) is 3.94. The molecule has 2 amide bonds. The summed E-state index contributed by atoms with van der Waals surface area (Å²) in [7, 11) is 0. The molecule has 0 fully saturated rings. The maximum absolute atomic E-state index is 11.5. The lowest BCUT2D eigenvalue weighted by Gasteiger charge is -2.10. The van der Waals surface area contributed by atoms with Gasteiger partial charge < -0.3 is 20.8 Å². The van der Waals surface area contributed by atoms with Gasteiger partial charge >= 0.3 is 12.0 Å². The molecule has 4 N–H and O–H groups in total. The molecule has 0 aliphatic rings. The standard InChI is InChI=1S/C11H12BrN3O6/c12-7-5-6(15(20)21)1-2-8(7)14-11(19)13-4-3-9(16)10(17)18/h1-2,5,9,16H,3-4H2,(H,17,18)(H2,13,14,19)/t9-/m0/s1. The Hall–Kier alpha value is -2.20. The molecule has 0 saturated carbocycles. The molecule has 21 heavy (non-hydrogen) atoms. The van der Waals surface area contributed by atoms with Gasteiger partial charge in [0.15, 0.2) is 6.10 Å². The molecule has 0 aliphatic heterocycles. The highest BCUT2D eigenvalue weighted by atomic mass is 79.9. The minimum atomic E-state index is -1.54. The number of aliphatic hydroxyl groups excluding tert-OH is 1. The summed E-state index contributed by atoms with van der Waals surface area (Å²) in [6, 6.07) is 3.20. The van der Waals surface area contributed by atoms with Gasteiger partial charge in [-0.3, -0.25) is 10.1 Å². The number of halogens is 1. The monoisotopic (exact) mass is 361 g/mol. The zero-order valence-electron chi connectivity index (χ0n) is 10.6. The maximum atomic E-state index is 11.5. The van der Waals surface area contributed by atoms with Gasteiger partial charge in [0.05, 0.1) is 10.6 Å². The van der Waals surface area contributed by atoms with Gasteiger partial charge in [0.25, 0.3) is 5.69 Å². The summed E-state index contributed by atoms with van der Waals surface area (Å²) in [6.45, 7) is -0.0378. The number of nitrogens with zero attached hydrogens (tertiary/aromatic N) is 1. The topological polar surface area (TPSA) is 142 Å². The van der Waals surface area contributed by atoms with Crippen molar-refractivity contribution in [3.63, 3.8) is 0 Å². The van der Waals surface area contributed by atoms with Crippen molar-refractivity contribution in [3.8, 4) is 0 Å². The van der Waals surface area contributed by atoms with Crippen LogP contribution in [-0.4, -0.2) is 39.8 Å². The van der Waals surface area contributed by atoms with Gasteiger partial charge in [-0.25, -0.2) is 9.59 Å². The number of hydrogen-bond donors (Lipinski definition) is 4. The van der Waals surface area contributed by atoms with Crippen molar-refractivity contribution in [1.29, 1.82) is 0 Å². The smallest absolute Gasteiger partial charge is 0.332 e. The number of rotatable bonds is 6. The van der Waals surface area contributed by atoms with E-state index in [-0.39, 0.29) is 18.7 Å². The molecule has 0 bridgehead atoms.